The van der Waals surface area contributed by atoms with Crippen LogP contribution in [0.2, 0.25) is 0 Å². The lowest BCUT2D eigenvalue weighted by Gasteiger charge is -2.14. The predicted octanol–water partition coefficient (Wildman–Crippen LogP) is 0.892. The lowest BCUT2D eigenvalue weighted by atomic mass is 10.1. The monoisotopic (exact) mass is 397 g/mol. The van der Waals surface area contributed by atoms with Crippen molar-refractivity contribution in [3.8, 4) is 11.5 Å². The van der Waals surface area contributed by atoms with Gasteiger partial charge in [0.05, 0.1) is 31.3 Å². The number of amides is 1. The lowest BCUT2D eigenvalue weighted by molar-refractivity contribution is -0.124. The number of hydrogen-bond acceptors (Lipinski definition) is 7. The van der Waals surface area contributed by atoms with Crippen molar-refractivity contribution in [3.63, 3.8) is 0 Å². The van der Waals surface area contributed by atoms with E-state index in [2.05, 4.69) is 11.9 Å². The van der Waals surface area contributed by atoms with Gasteiger partial charge < -0.3 is 19.5 Å². The van der Waals surface area contributed by atoms with Gasteiger partial charge >= 0.3 is 5.97 Å². The third-order valence-electron chi connectivity index (χ3n) is 4.09. The maximum atomic E-state index is 12.3. The van der Waals surface area contributed by atoms with E-state index in [-0.39, 0.29) is 17.1 Å². The highest BCUT2D eigenvalue weighted by Crippen LogP contribution is 2.33. The van der Waals surface area contributed by atoms with Crippen molar-refractivity contribution in [3.05, 3.63) is 35.9 Å². The van der Waals surface area contributed by atoms with E-state index in [1.165, 1.54) is 20.3 Å². The molecule has 1 aromatic carbocycles. The first-order valence-corrected chi connectivity index (χ1v) is 10.1. The van der Waals surface area contributed by atoms with Crippen LogP contribution in [0, 0.1) is 0 Å². The standard InChI is InChI=1S/C18H23NO7S/c1-4-5-12-8-13(9-15(24-2)17(12)25-3)18(21)26-10-16(20)19-14-6-7-27(22,23)11-14/h4,8-9,14H,1,5-7,10-11H2,2-3H3,(H,19,20). The topological polar surface area (TPSA) is 108 Å². The van der Waals surface area contributed by atoms with Crippen LogP contribution in [0.4, 0.5) is 0 Å². The summed E-state index contributed by atoms with van der Waals surface area (Å²) in [5.74, 6) is -0.422. The molecule has 148 valence electrons. The number of carbonyl (C=O) groups excluding carboxylic acids is 2. The molecule has 1 heterocycles. The molecule has 9 heteroatoms. The highest BCUT2D eigenvalue weighted by atomic mass is 32.2. The number of hydrogen-bond donors (Lipinski definition) is 1. The highest BCUT2D eigenvalue weighted by molar-refractivity contribution is 7.91. The maximum Gasteiger partial charge on any atom is 0.338 e. The number of benzene rings is 1. The average Bonchev–Trinajstić information content (AvgIpc) is 2.97. The number of esters is 1. The zero-order valence-electron chi connectivity index (χ0n) is 15.3. The molecule has 1 fully saturated rings. The number of carbonyl (C=O) groups is 2. The molecule has 1 atom stereocenters. The Bertz CT molecular complexity index is 832. The molecule has 1 aromatic rings. The van der Waals surface area contributed by atoms with Crippen molar-refractivity contribution >= 4 is 21.7 Å². The van der Waals surface area contributed by atoms with Gasteiger partial charge in [-0.1, -0.05) is 6.08 Å². The molecular weight excluding hydrogens is 374 g/mol. The number of ether oxygens (including phenoxy) is 3. The quantitative estimate of drug-likeness (QED) is 0.513. The molecule has 0 aromatic heterocycles. The minimum Gasteiger partial charge on any atom is -0.493 e. The zero-order chi connectivity index (χ0) is 20.0. The molecule has 1 N–H and O–H groups in total. The van der Waals surface area contributed by atoms with E-state index in [9.17, 15) is 18.0 Å². The largest absolute Gasteiger partial charge is 0.493 e. The fourth-order valence-corrected chi connectivity index (χ4v) is 4.53. The van der Waals surface area contributed by atoms with Crippen molar-refractivity contribution in [2.24, 2.45) is 0 Å². The van der Waals surface area contributed by atoms with Gasteiger partial charge in [0.1, 0.15) is 0 Å². The van der Waals surface area contributed by atoms with Gasteiger partial charge in [-0.25, -0.2) is 13.2 Å². The molecule has 0 radical (unpaired) electrons. The van der Waals surface area contributed by atoms with Crippen molar-refractivity contribution in [2.45, 2.75) is 18.9 Å². The van der Waals surface area contributed by atoms with E-state index >= 15 is 0 Å². The summed E-state index contributed by atoms with van der Waals surface area (Å²) in [6.45, 7) is 3.17. The summed E-state index contributed by atoms with van der Waals surface area (Å²) in [7, 11) is -0.148. The molecule has 0 saturated carbocycles. The molecule has 2 rings (SSSR count). The van der Waals surface area contributed by atoms with Gasteiger partial charge in [-0.05, 0) is 25.0 Å². The highest BCUT2D eigenvalue weighted by Gasteiger charge is 2.29. The number of nitrogens with one attached hydrogen (secondary N) is 1. The minimum atomic E-state index is -3.10. The Morgan fingerprint density at radius 2 is 2.04 bits per heavy atom. The van der Waals surface area contributed by atoms with Crippen LogP contribution in [0.15, 0.2) is 24.8 Å². The summed E-state index contributed by atoms with van der Waals surface area (Å²) in [4.78, 5) is 24.2. The van der Waals surface area contributed by atoms with E-state index in [1.54, 1.807) is 12.1 Å². The first-order valence-electron chi connectivity index (χ1n) is 8.32. The Kier molecular flexibility index (Phi) is 6.84. The van der Waals surface area contributed by atoms with E-state index in [1.807, 2.05) is 0 Å². The summed E-state index contributed by atoms with van der Waals surface area (Å²) in [5, 5.41) is 2.56. The minimum absolute atomic E-state index is 0.0510. The number of methoxy groups -OCH3 is 2. The number of rotatable bonds is 8. The van der Waals surface area contributed by atoms with Crippen LogP contribution in [0.25, 0.3) is 0 Å². The SMILES string of the molecule is C=CCc1cc(C(=O)OCC(=O)NC2CCS(=O)(=O)C2)cc(OC)c1OC. The molecule has 1 aliphatic heterocycles. The van der Waals surface area contributed by atoms with E-state index < -0.39 is 34.4 Å². The zero-order valence-corrected chi connectivity index (χ0v) is 16.1. The van der Waals surface area contributed by atoms with Gasteiger partial charge in [0.2, 0.25) is 0 Å². The van der Waals surface area contributed by atoms with Crippen LogP contribution in [0.5, 0.6) is 11.5 Å². The maximum absolute atomic E-state index is 12.3. The third kappa shape index (κ3) is 5.46. The Morgan fingerprint density at radius 3 is 2.59 bits per heavy atom. The fourth-order valence-electron chi connectivity index (χ4n) is 2.86. The Hall–Kier alpha value is -2.55. The van der Waals surface area contributed by atoms with Crippen LogP contribution >= 0.6 is 0 Å². The Balaban J connectivity index is 2.01. The fraction of sp³-hybridized carbons (Fsp3) is 0.444. The van der Waals surface area contributed by atoms with E-state index in [4.69, 9.17) is 14.2 Å². The van der Waals surface area contributed by atoms with Gasteiger partial charge in [-0.3, -0.25) is 4.79 Å². The predicted molar refractivity (Wildman–Crippen MR) is 98.9 cm³/mol. The molecule has 1 saturated heterocycles. The van der Waals surface area contributed by atoms with Gasteiger partial charge in [-0.15, -0.1) is 6.58 Å². The number of sulfone groups is 1. The lowest BCUT2D eigenvalue weighted by Crippen LogP contribution is -2.38. The first kappa shape index (κ1) is 20.8. The summed E-state index contributed by atoms with van der Waals surface area (Å²) in [6, 6.07) is 2.61. The Labute approximate surface area is 158 Å². The van der Waals surface area contributed by atoms with E-state index in [0.29, 0.717) is 29.9 Å². The molecule has 0 aliphatic carbocycles. The van der Waals surface area contributed by atoms with Crippen molar-refractivity contribution < 1.29 is 32.2 Å². The Morgan fingerprint density at radius 1 is 1.30 bits per heavy atom. The second-order valence-corrected chi connectivity index (χ2v) is 8.34. The first-order chi connectivity index (χ1) is 12.8. The molecular formula is C18H23NO7S. The van der Waals surface area contributed by atoms with Crippen molar-refractivity contribution in [1.82, 2.24) is 5.32 Å². The second kappa shape index (κ2) is 8.90. The average molecular weight is 397 g/mol. The third-order valence-corrected chi connectivity index (χ3v) is 5.86. The summed E-state index contributed by atoms with van der Waals surface area (Å²) in [6.07, 6.45) is 2.48. The van der Waals surface area contributed by atoms with Crippen LogP contribution in [-0.2, 0) is 25.8 Å². The summed E-state index contributed by atoms with van der Waals surface area (Å²) < 4.78 is 38.4. The second-order valence-electron chi connectivity index (χ2n) is 6.11. The van der Waals surface area contributed by atoms with Gasteiger partial charge in [0, 0.05) is 11.6 Å². The smallest absolute Gasteiger partial charge is 0.338 e. The van der Waals surface area contributed by atoms with Gasteiger partial charge in [0.25, 0.3) is 5.91 Å². The van der Waals surface area contributed by atoms with Crippen LogP contribution < -0.4 is 14.8 Å². The molecule has 1 aliphatic rings. The van der Waals surface area contributed by atoms with E-state index in [0.717, 1.165) is 0 Å². The summed E-state index contributed by atoms with van der Waals surface area (Å²) >= 11 is 0. The molecule has 1 amide bonds. The molecule has 1 unspecified atom stereocenters. The summed E-state index contributed by atoms with van der Waals surface area (Å²) in [5.41, 5.74) is 0.903. The van der Waals surface area contributed by atoms with Crippen LogP contribution in [0.3, 0.4) is 0 Å². The van der Waals surface area contributed by atoms with Crippen LogP contribution in [-0.4, -0.2) is 58.7 Å². The molecule has 8 nitrogen and oxygen atoms in total. The van der Waals surface area contributed by atoms with Gasteiger partial charge in [-0.2, -0.15) is 0 Å². The van der Waals surface area contributed by atoms with Crippen molar-refractivity contribution in [2.75, 3.05) is 32.3 Å². The normalized spacial score (nSPS) is 17.8. The molecule has 0 spiro atoms. The van der Waals surface area contributed by atoms with Gasteiger partial charge in [0.15, 0.2) is 27.9 Å². The molecule has 0 bridgehead atoms. The van der Waals surface area contributed by atoms with Crippen LogP contribution in [0.1, 0.15) is 22.3 Å². The number of allylic oxidation sites excluding steroid dienone is 1. The molecule has 27 heavy (non-hydrogen) atoms. The van der Waals surface area contributed by atoms with Crippen molar-refractivity contribution in [1.29, 1.82) is 0 Å².